The predicted octanol–water partition coefficient (Wildman–Crippen LogP) is 0.736. The van der Waals surface area contributed by atoms with Gasteiger partial charge in [-0.15, -0.1) is 0 Å². The number of nitrogens with two attached hydrogens (primary N) is 1. The van der Waals surface area contributed by atoms with E-state index in [0.29, 0.717) is 13.0 Å². The zero-order chi connectivity index (χ0) is 22.6. The summed E-state index contributed by atoms with van der Waals surface area (Å²) in [4.78, 5) is 39.9. The third kappa shape index (κ3) is 9.68. The number of halogens is 3. The number of alkyl halides is 3. The summed E-state index contributed by atoms with van der Waals surface area (Å²) in [6.07, 6.45) is -1.38. The zero-order valence-corrected chi connectivity index (χ0v) is 15.8. The molecule has 0 spiro atoms. The Morgan fingerprint density at radius 3 is 2.33 bits per heavy atom. The van der Waals surface area contributed by atoms with Crippen molar-refractivity contribution in [1.29, 1.82) is 0 Å². The van der Waals surface area contributed by atoms with Crippen molar-refractivity contribution in [1.82, 2.24) is 20.6 Å². The maximum absolute atomic E-state index is 12.4. The number of amides is 2. The molecule has 1 aromatic heterocycles. The van der Waals surface area contributed by atoms with Crippen LogP contribution in [-0.4, -0.2) is 51.6 Å². The number of hydrogen-bond donors (Lipinski definition) is 5. The first kappa shape index (κ1) is 24.6. The second-order valence-electron chi connectivity index (χ2n) is 5.95. The molecule has 9 nitrogen and oxygen atoms in total. The zero-order valence-electron chi connectivity index (χ0n) is 15.8. The average Bonchev–Trinajstić information content (AvgIpc) is 3.19. The summed E-state index contributed by atoms with van der Waals surface area (Å²) in [6.45, 7) is 0.653. The van der Waals surface area contributed by atoms with Gasteiger partial charge in [-0.3, -0.25) is 9.59 Å². The van der Waals surface area contributed by atoms with Gasteiger partial charge in [0.1, 0.15) is 6.04 Å². The van der Waals surface area contributed by atoms with E-state index in [1.165, 1.54) is 6.33 Å². The number of aromatic nitrogens is 2. The summed E-state index contributed by atoms with van der Waals surface area (Å²) in [5.41, 5.74) is 7.15. The number of imidazole rings is 1. The van der Waals surface area contributed by atoms with Gasteiger partial charge in [0, 0.05) is 37.8 Å². The number of nitrogens with zero attached hydrogens (tertiary/aromatic N) is 1. The Kier molecular flexibility index (Phi) is 10.0. The van der Waals surface area contributed by atoms with Gasteiger partial charge in [-0.1, -0.05) is 30.3 Å². The standard InChI is InChI=1S/C16H21N5O2.C2HF3O2/c17-7-6-15(22)21-14(8-13-10-18-11-20-13)16(23)19-9-12-4-2-1-3-5-12;3-2(4,5)1(6)7/h1-5,10-11,14H,6-9,17H2,(H,18,20)(H,19,23)(H,21,22);(H,6,7)/t14-;/m0./s1. The first-order valence-corrected chi connectivity index (χ1v) is 8.72. The van der Waals surface area contributed by atoms with Gasteiger partial charge < -0.3 is 26.5 Å². The Bertz CT molecular complexity index is 798. The Hall–Kier alpha value is -3.41. The molecule has 0 radical (unpaired) electrons. The van der Waals surface area contributed by atoms with Crippen LogP contribution >= 0.6 is 0 Å². The van der Waals surface area contributed by atoms with Crippen LogP contribution in [0.3, 0.4) is 0 Å². The van der Waals surface area contributed by atoms with Gasteiger partial charge in [-0.25, -0.2) is 9.78 Å². The molecule has 12 heteroatoms. The minimum atomic E-state index is -5.08. The number of benzene rings is 1. The van der Waals surface area contributed by atoms with Crippen LogP contribution in [0.5, 0.6) is 0 Å². The third-order valence-electron chi connectivity index (χ3n) is 3.55. The van der Waals surface area contributed by atoms with Crippen LogP contribution in [0, 0.1) is 0 Å². The molecule has 164 valence electrons. The highest BCUT2D eigenvalue weighted by molar-refractivity contribution is 5.87. The fraction of sp³-hybridized carbons (Fsp3) is 0.333. The number of carboxylic acids is 1. The number of H-pyrrole nitrogens is 1. The number of aliphatic carboxylic acids is 1. The van der Waals surface area contributed by atoms with Gasteiger partial charge in [0.15, 0.2) is 0 Å². The first-order chi connectivity index (χ1) is 14.1. The van der Waals surface area contributed by atoms with Crippen LogP contribution in [0.25, 0.3) is 0 Å². The lowest BCUT2D eigenvalue weighted by molar-refractivity contribution is -0.192. The van der Waals surface area contributed by atoms with Crippen molar-refractivity contribution < 1.29 is 32.7 Å². The van der Waals surface area contributed by atoms with Crippen molar-refractivity contribution in [3.05, 3.63) is 54.1 Å². The monoisotopic (exact) mass is 429 g/mol. The predicted molar refractivity (Wildman–Crippen MR) is 99.9 cm³/mol. The Morgan fingerprint density at radius 1 is 1.20 bits per heavy atom. The van der Waals surface area contributed by atoms with Crippen LogP contribution in [0.4, 0.5) is 13.2 Å². The highest BCUT2D eigenvalue weighted by Crippen LogP contribution is 2.13. The SMILES string of the molecule is NCCC(=O)N[C@@H](Cc1cnc[nH]1)C(=O)NCc1ccccc1.O=C(O)C(F)(F)F. The third-order valence-corrected chi connectivity index (χ3v) is 3.55. The molecule has 1 aromatic carbocycles. The van der Waals surface area contributed by atoms with E-state index in [4.69, 9.17) is 15.6 Å². The molecular weight excluding hydrogens is 407 g/mol. The minimum absolute atomic E-state index is 0.186. The van der Waals surface area contributed by atoms with Crippen molar-refractivity contribution in [2.45, 2.75) is 31.6 Å². The van der Waals surface area contributed by atoms with Crippen LogP contribution in [0.2, 0.25) is 0 Å². The molecule has 2 rings (SSSR count). The molecule has 2 amide bonds. The summed E-state index contributed by atoms with van der Waals surface area (Å²) >= 11 is 0. The van der Waals surface area contributed by atoms with Gasteiger partial charge in [0.05, 0.1) is 6.33 Å². The maximum atomic E-state index is 12.4. The molecule has 0 aliphatic heterocycles. The summed E-state index contributed by atoms with van der Waals surface area (Å²) in [6, 6.07) is 8.92. The number of carbonyl (C=O) groups is 3. The molecule has 1 heterocycles. The minimum Gasteiger partial charge on any atom is -0.475 e. The highest BCUT2D eigenvalue weighted by atomic mass is 19.4. The second kappa shape index (κ2) is 12.2. The topological polar surface area (TPSA) is 150 Å². The Labute approximate surface area is 169 Å². The molecule has 6 N–H and O–H groups in total. The number of nitrogens with one attached hydrogen (secondary N) is 3. The van der Waals surface area contributed by atoms with Crippen molar-refractivity contribution in [3.8, 4) is 0 Å². The number of carbonyl (C=O) groups excluding carboxylic acids is 2. The fourth-order valence-electron chi connectivity index (χ4n) is 2.13. The van der Waals surface area contributed by atoms with E-state index < -0.39 is 18.2 Å². The molecule has 1 atom stereocenters. The van der Waals surface area contributed by atoms with Crippen LogP contribution < -0.4 is 16.4 Å². The molecule has 2 aromatic rings. The highest BCUT2D eigenvalue weighted by Gasteiger charge is 2.38. The molecule has 0 unspecified atom stereocenters. The number of rotatable bonds is 8. The molecule has 0 fully saturated rings. The average molecular weight is 429 g/mol. The van der Waals surface area contributed by atoms with Crippen molar-refractivity contribution in [2.75, 3.05) is 6.54 Å². The molecule has 0 aliphatic carbocycles. The molecule has 30 heavy (non-hydrogen) atoms. The Morgan fingerprint density at radius 2 is 1.83 bits per heavy atom. The summed E-state index contributed by atoms with van der Waals surface area (Å²) in [5.74, 6) is -3.24. The van der Waals surface area contributed by atoms with E-state index in [-0.39, 0.29) is 24.8 Å². The quantitative estimate of drug-likeness (QED) is 0.418. The van der Waals surface area contributed by atoms with E-state index >= 15 is 0 Å². The van der Waals surface area contributed by atoms with E-state index in [1.54, 1.807) is 6.20 Å². The van der Waals surface area contributed by atoms with Gasteiger partial charge in [-0.2, -0.15) is 13.2 Å². The fourth-order valence-corrected chi connectivity index (χ4v) is 2.13. The van der Waals surface area contributed by atoms with E-state index in [0.717, 1.165) is 11.3 Å². The lowest BCUT2D eigenvalue weighted by Gasteiger charge is -2.18. The summed E-state index contributed by atoms with van der Waals surface area (Å²) in [5, 5.41) is 12.7. The van der Waals surface area contributed by atoms with E-state index in [9.17, 15) is 22.8 Å². The lowest BCUT2D eigenvalue weighted by Crippen LogP contribution is -2.48. The smallest absolute Gasteiger partial charge is 0.475 e. The summed E-state index contributed by atoms with van der Waals surface area (Å²) in [7, 11) is 0. The van der Waals surface area contributed by atoms with Crippen LogP contribution in [-0.2, 0) is 27.3 Å². The summed E-state index contributed by atoms with van der Waals surface area (Å²) < 4.78 is 31.7. The van der Waals surface area contributed by atoms with Crippen LogP contribution in [0.15, 0.2) is 42.9 Å². The van der Waals surface area contributed by atoms with Gasteiger partial charge in [-0.05, 0) is 5.56 Å². The maximum Gasteiger partial charge on any atom is 0.490 e. The molecular formula is C18H22F3N5O4. The Balaban J connectivity index is 0.000000553. The van der Waals surface area contributed by atoms with E-state index in [2.05, 4.69) is 20.6 Å². The van der Waals surface area contributed by atoms with Crippen LogP contribution in [0.1, 0.15) is 17.7 Å². The number of aromatic amines is 1. The largest absolute Gasteiger partial charge is 0.490 e. The first-order valence-electron chi connectivity index (χ1n) is 8.72. The van der Waals surface area contributed by atoms with Crippen molar-refractivity contribution in [2.24, 2.45) is 5.73 Å². The van der Waals surface area contributed by atoms with E-state index in [1.807, 2.05) is 30.3 Å². The normalized spacial score (nSPS) is 11.6. The molecule has 0 aliphatic rings. The number of carboxylic acid groups (broad SMARTS) is 1. The van der Waals surface area contributed by atoms with Crippen molar-refractivity contribution in [3.63, 3.8) is 0 Å². The molecule has 0 saturated heterocycles. The van der Waals surface area contributed by atoms with Gasteiger partial charge in [0.25, 0.3) is 0 Å². The van der Waals surface area contributed by atoms with Crippen molar-refractivity contribution >= 4 is 17.8 Å². The molecule has 0 bridgehead atoms. The lowest BCUT2D eigenvalue weighted by atomic mass is 10.1. The molecule has 0 saturated carbocycles. The van der Waals surface area contributed by atoms with Gasteiger partial charge >= 0.3 is 12.1 Å². The second-order valence-corrected chi connectivity index (χ2v) is 5.95. The van der Waals surface area contributed by atoms with Gasteiger partial charge in [0.2, 0.25) is 11.8 Å². The number of hydrogen-bond acceptors (Lipinski definition) is 5.